The Morgan fingerprint density at radius 3 is 2.44 bits per heavy atom. The van der Waals surface area contributed by atoms with Crippen molar-refractivity contribution in [1.82, 2.24) is 5.32 Å². The summed E-state index contributed by atoms with van der Waals surface area (Å²) >= 11 is 0.954. The van der Waals surface area contributed by atoms with Gasteiger partial charge in [-0.05, 0) is 32.4 Å². The van der Waals surface area contributed by atoms with Crippen LogP contribution in [0.2, 0.25) is 0 Å². The van der Waals surface area contributed by atoms with Crippen LogP contribution in [-0.2, 0) is 16.1 Å². The molecule has 27 heavy (non-hydrogen) atoms. The van der Waals surface area contributed by atoms with Crippen LogP contribution in [0.5, 0.6) is 0 Å². The van der Waals surface area contributed by atoms with Crippen molar-refractivity contribution >= 4 is 34.2 Å². The van der Waals surface area contributed by atoms with Gasteiger partial charge in [0.2, 0.25) is 0 Å². The Balaban J connectivity index is 2.34. The number of esters is 2. The number of hydrogen-bond acceptors (Lipinski definition) is 7. The number of nitrogens with one attached hydrogen (secondary N) is 1. The lowest BCUT2D eigenvalue weighted by Crippen LogP contribution is -2.20. The van der Waals surface area contributed by atoms with Crippen molar-refractivity contribution in [2.75, 3.05) is 19.4 Å². The molecule has 0 atom stereocenters. The first-order chi connectivity index (χ1) is 12.8. The van der Waals surface area contributed by atoms with E-state index in [2.05, 4.69) is 5.32 Å². The van der Waals surface area contributed by atoms with Gasteiger partial charge < -0.3 is 20.5 Å². The molecule has 0 saturated carbocycles. The summed E-state index contributed by atoms with van der Waals surface area (Å²) in [5.74, 6) is -1.62. The molecule has 1 amide bonds. The molecule has 0 bridgehead atoms. The Morgan fingerprint density at radius 2 is 1.85 bits per heavy atom. The average Bonchev–Trinajstić information content (AvgIpc) is 2.95. The number of anilines is 1. The second-order valence-electron chi connectivity index (χ2n) is 5.84. The van der Waals surface area contributed by atoms with E-state index in [1.165, 1.54) is 7.05 Å². The minimum atomic E-state index is -0.654. The molecule has 0 aliphatic heterocycles. The van der Waals surface area contributed by atoms with Gasteiger partial charge >= 0.3 is 11.9 Å². The first-order valence-corrected chi connectivity index (χ1v) is 9.16. The van der Waals surface area contributed by atoms with Crippen LogP contribution in [0.3, 0.4) is 0 Å². The van der Waals surface area contributed by atoms with E-state index in [0.717, 1.165) is 22.5 Å². The van der Waals surface area contributed by atoms with E-state index >= 15 is 0 Å². The quantitative estimate of drug-likeness (QED) is 0.735. The molecule has 144 valence electrons. The topological polar surface area (TPSA) is 108 Å². The molecule has 1 aromatic carbocycles. The maximum Gasteiger partial charge on any atom is 0.341 e. The van der Waals surface area contributed by atoms with Crippen LogP contribution in [0.4, 0.5) is 5.00 Å². The highest BCUT2D eigenvalue weighted by Crippen LogP contribution is 2.32. The molecule has 0 fully saturated rings. The zero-order chi connectivity index (χ0) is 20.1. The molecule has 2 aromatic rings. The minimum Gasteiger partial charge on any atom is -0.462 e. The maximum absolute atomic E-state index is 12.4. The third-order valence-electron chi connectivity index (χ3n) is 3.90. The van der Waals surface area contributed by atoms with Crippen LogP contribution < -0.4 is 11.1 Å². The predicted molar refractivity (Wildman–Crippen MR) is 103 cm³/mol. The van der Waals surface area contributed by atoms with Crippen LogP contribution in [0.25, 0.3) is 0 Å². The second kappa shape index (κ2) is 8.68. The Kier molecular flexibility index (Phi) is 6.57. The van der Waals surface area contributed by atoms with Gasteiger partial charge in [0.1, 0.15) is 22.0 Å². The third-order valence-corrected chi connectivity index (χ3v) is 4.96. The van der Waals surface area contributed by atoms with Crippen LogP contribution in [0, 0.1) is 13.8 Å². The summed E-state index contributed by atoms with van der Waals surface area (Å²) in [6.07, 6.45) is 0. The monoisotopic (exact) mass is 390 g/mol. The lowest BCUT2D eigenvalue weighted by Gasteiger charge is -2.10. The summed E-state index contributed by atoms with van der Waals surface area (Å²) in [5.41, 5.74) is 8.46. The molecule has 0 saturated heterocycles. The van der Waals surface area contributed by atoms with Crippen molar-refractivity contribution in [3.8, 4) is 0 Å². The highest BCUT2D eigenvalue weighted by Gasteiger charge is 2.27. The van der Waals surface area contributed by atoms with Crippen molar-refractivity contribution < 1.29 is 23.9 Å². The van der Waals surface area contributed by atoms with Gasteiger partial charge in [0.15, 0.2) is 0 Å². The second-order valence-corrected chi connectivity index (χ2v) is 6.90. The molecule has 2 rings (SSSR count). The summed E-state index contributed by atoms with van der Waals surface area (Å²) in [6, 6.07) is 5.37. The van der Waals surface area contributed by atoms with Gasteiger partial charge in [-0.15, -0.1) is 11.3 Å². The number of nitrogens with two attached hydrogens (primary N) is 1. The Labute approximate surface area is 161 Å². The molecule has 8 heteroatoms. The number of hydrogen-bond donors (Lipinski definition) is 2. The number of nitrogen functional groups attached to an aromatic ring is 1. The molecule has 7 nitrogen and oxygen atoms in total. The zero-order valence-corrected chi connectivity index (χ0v) is 16.5. The van der Waals surface area contributed by atoms with Gasteiger partial charge in [-0.2, -0.15) is 0 Å². The largest absolute Gasteiger partial charge is 0.462 e. The van der Waals surface area contributed by atoms with Crippen LogP contribution in [0.15, 0.2) is 18.2 Å². The number of amides is 1. The fourth-order valence-corrected chi connectivity index (χ4v) is 3.61. The number of carbonyl (C=O) groups is 3. The van der Waals surface area contributed by atoms with E-state index in [-0.39, 0.29) is 34.2 Å². The molecule has 0 aliphatic rings. The van der Waals surface area contributed by atoms with Gasteiger partial charge in [0.05, 0.1) is 12.2 Å². The Hall–Kier alpha value is -2.87. The number of aryl methyl sites for hydroxylation is 2. The number of carbonyl (C=O) groups excluding carboxylic acids is 3. The van der Waals surface area contributed by atoms with Crippen LogP contribution in [-0.4, -0.2) is 31.5 Å². The van der Waals surface area contributed by atoms with Crippen molar-refractivity contribution in [1.29, 1.82) is 0 Å². The van der Waals surface area contributed by atoms with Crippen molar-refractivity contribution in [3.05, 3.63) is 50.9 Å². The zero-order valence-electron chi connectivity index (χ0n) is 15.7. The average molecular weight is 390 g/mol. The predicted octanol–water partition coefficient (Wildman–Crippen LogP) is 2.84. The molecule has 0 unspecified atom stereocenters. The van der Waals surface area contributed by atoms with E-state index in [0.29, 0.717) is 5.56 Å². The number of thiophene rings is 1. The molecule has 3 N–H and O–H groups in total. The summed E-state index contributed by atoms with van der Waals surface area (Å²) in [7, 11) is 1.47. The SMILES string of the molecule is CCOC(=O)c1c(N)sc(C(=O)NC)c1COC(=O)c1ccc(C)cc1C. The number of rotatable bonds is 6. The van der Waals surface area contributed by atoms with Gasteiger partial charge in [0, 0.05) is 12.6 Å². The third kappa shape index (κ3) is 4.46. The summed E-state index contributed by atoms with van der Waals surface area (Å²) in [6.45, 7) is 5.30. The van der Waals surface area contributed by atoms with E-state index in [1.54, 1.807) is 13.0 Å². The summed E-state index contributed by atoms with van der Waals surface area (Å²) in [4.78, 5) is 37.0. The molecule has 0 radical (unpaired) electrons. The van der Waals surface area contributed by atoms with Gasteiger partial charge in [-0.3, -0.25) is 4.79 Å². The first kappa shape index (κ1) is 20.4. The fourth-order valence-electron chi connectivity index (χ4n) is 2.60. The molecule has 1 heterocycles. The normalized spacial score (nSPS) is 10.4. The van der Waals surface area contributed by atoms with Gasteiger partial charge in [-0.1, -0.05) is 17.7 Å². The minimum absolute atomic E-state index is 0.0638. The van der Waals surface area contributed by atoms with E-state index in [1.807, 2.05) is 26.0 Å². The first-order valence-electron chi connectivity index (χ1n) is 8.34. The summed E-state index contributed by atoms with van der Waals surface area (Å²) < 4.78 is 10.4. The lowest BCUT2D eigenvalue weighted by atomic mass is 10.1. The van der Waals surface area contributed by atoms with Crippen LogP contribution in [0.1, 0.15) is 54.0 Å². The van der Waals surface area contributed by atoms with Gasteiger partial charge in [-0.25, -0.2) is 9.59 Å². The van der Waals surface area contributed by atoms with Crippen molar-refractivity contribution in [3.63, 3.8) is 0 Å². The van der Waals surface area contributed by atoms with Gasteiger partial charge in [0.25, 0.3) is 5.91 Å². The molecular formula is C19H22N2O5S. The molecule has 0 spiro atoms. The lowest BCUT2D eigenvalue weighted by molar-refractivity contribution is 0.0449. The van der Waals surface area contributed by atoms with E-state index in [4.69, 9.17) is 15.2 Å². The summed E-state index contributed by atoms with van der Waals surface area (Å²) in [5, 5.41) is 2.63. The Bertz CT molecular complexity index is 888. The maximum atomic E-state index is 12.4. The van der Waals surface area contributed by atoms with E-state index < -0.39 is 17.8 Å². The smallest absolute Gasteiger partial charge is 0.341 e. The molecule has 1 aromatic heterocycles. The highest BCUT2D eigenvalue weighted by atomic mass is 32.1. The standard InChI is InChI=1S/C19H22N2O5S/c1-5-25-19(24)14-13(15(17(22)21-4)27-16(14)20)9-26-18(23)12-7-6-10(2)8-11(12)3/h6-8H,5,9,20H2,1-4H3,(H,21,22). The number of benzene rings is 1. The van der Waals surface area contributed by atoms with Crippen molar-refractivity contribution in [2.24, 2.45) is 0 Å². The van der Waals surface area contributed by atoms with Crippen LogP contribution >= 0.6 is 11.3 Å². The number of ether oxygens (including phenoxy) is 2. The van der Waals surface area contributed by atoms with E-state index in [9.17, 15) is 14.4 Å². The van der Waals surface area contributed by atoms with Crippen molar-refractivity contribution in [2.45, 2.75) is 27.4 Å². The Morgan fingerprint density at radius 1 is 1.15 bits per heavy atom. The molecule has 0 aliphatic carbocycles. The fraction of sp³-hybridized carbons (Fsp3) is 0.316. The molecular weight excluding hydrogens is 368 g/mol. The highest BCUT2D eigenvalue weighted by molar-refractivity contribution is 7.18.